The Bertz CT molecular complexity index is 220. The topological polar surface area (TPSA) is 33.7 Å². The van der Waals surface area contributed by atoms with Crippen LogP contribution in [0, 0.1) is 0 Å². The van der Waals surface area contributed by atoms with E-state index in [0.29, 0.717) is 12.2 Å². The lowest BCUT2D eigenvalue weighted by molar-refractivity contribution is -0.0264. The number of rotatable bonds is 7. The van der Waals surface area contributed by atoms with E-state index < -0.39 is 0 Å². The van der Waals surface area contributed by atoms with Crippen LogP contribution in [-0.4, -0.2) is 63.0 Å². The third-order valence-corrected chi connectivity index (χ3v) is 3.98. The van der Waals surface area contributed by atoms with Crippen molar-refractivity contribution < 1.29 is 9.47 Å². The summed E-state index contributed by atoms with van der Waals surface area (Å²) >= 11 is 0. The molecule has 0 aromatic heterocycles. The van der Waals surface area contributed by atoms with Crippen LogP contribution in [0.3, 0.4) is 0 Å². The van der Waals surface area contributed by atoms with Crippen molar-refractivity contribution >= 4 is 0 Å². The fourth-order valence-electron chi connectivity index (χ4n) is 2.81. The molecule has 0 aromatic carbocycles. The fourth-order valence-corrected chi connectivity index (χ4v) is 2.81. The summed E-state index contributed by atoms with van der Waals surface area (Å²) in [6, 6.07) is 0. The van der Waals surface area contributed by atoms with Gasteiger partial charge in [-0.05, 0) is 19.4 Å². The summed E-state index contributed by atoms with van der Waals surface area (Å²) in [6.45, 7) is 9.10. The average molecular weight is 256 g/mol. The van der Waals surface area contributed by atoms with Crippen LogP contribution in [0.1, 0.15) is 32.6 Å². The Hall–Kier alpha value is -0.160. The summed E-state index contributed by atoms with van der Waals surface area (Å²) in [7, 11) is 0. The van der Waals surface area contributed by atoms with Gasteiger partial charge in [0, 0.05) is 26.2 Å². The van der Waals surface area contributed by atoms with Gasteiger partial charge in [0.1, 0.15) is 0 Å². The predicted molar refractivity (Wildman–Crippen MR) is 72.9 cm³/mol. The number of morpholine rings is 1. The smallest absolute Gasteiger partial charge is 0.0826 e. The number of nitrogens with zero attached hydrogens (tertiary/aromatic N) is 1. The molecule has 2 fully saturated rings. The monoisotopic (exact) mass is 256 g/mol. The predicted octanol–water partition coefficient (Wildman–Crippen LogP) is 1.26. The molecule has 18 heavy (non-hydrogen) atoms. The van der Waals surface area contributed by atoms with Crippen LogP contribution in [0.15, 0.2) is 0 Å². The fraction of sp³-hybridized carbons (Fsp3) is 1.00. The summed E-state index contributed by atoms with van der Waals surface area (Å²) < 4.78 is 11.6. The molecular weight excluding hydrogens is 228 g/mol. The maximum Gasteiger partial charge on any atom is 0.0826 e. The molecule has 1 heterocycles. The van der Waals surface area contributed by atoms with Crippen molar-refractivity contribution in [2.45, 2.75) is 44.8 Å². The third-order valence-electron chi connectivity index (χ3n) is 3.98. The van der Waals surface area contributed by atoms with E-state index in [9.17, 15) is 0 Å². The van der Waals surface area contributed by atoms with Gasteiger partial charge in [0.05, 0.1) is 25.4 Å². The quantitative estimate of drug-likeness (QED) is 0.695. The van der Waals surface area contributed by atoms with Gasteiger partial charge in [0.15, 0.2) is 0 Å². The van der Waals surface area contributed by atoms with E-state index in [1.165, 1.54) is 25.7 Å². The molecule has 2 aliphatic rings. The Morgan fingerprint density at radius 1 is 1.33 bits per heavy atom. The molecule has 2 rings (SSSR count). The third kappa shape index (κ3) is 4.84. The van der Waals surface area contributed by atoms with Crippen molar-refractivity contribution in [1.82, 2.24) is 10.2 Å². The van der Waals surface area contributed by atoms with E-state index in [1.54, 1.807) is 0 Å². The maximum absolute atomic E-state index is 5.82. The Morgan fingerprint density at radius 3 is 2.94 bits per heavy atom. The van der Waals surface area contributed by atoms with Crippen molar-refractivity contribution in [3.05, 3.63) is 0 Å². The molecule has 106 valence electrons. The molecule has 1 unspecified atom stereocenters. The van der Waals surface area contributed by atoms with E-state index in [0.717, 1.165) is 45.9 Å². The standard InChI is InChI=1S/C14H28N2O2/c1-2-16-8-10-18-14(12-16)11-15-7-9-17-13-5-3-4-6-13/h13-15H,2-12H2,1H3. The Labute approximate surface area is 111 Å². The van der Waals surface area contributed by atoms with Crippen molar-refractivity contribution in [3.8, 4) is 0 Å². The summed E-state index contributed by atoms with van der Waals surface area (Å²) in [5.74, 6) is 0. The summed E-state index contributed by atoms with van der Waals surface area (Å²) in [6.07, 6.45) is 6.11. The zero-order valence-electron chi connectivity index (χ0n) is 11.7. The lowest BCUT2D eigenvalue weighted by atomic mass is 10.2. The maximum atomic E-state index is 5.82. The molecule has 1 saturated carbocycles. The van der Waals surface area contributed by atoms with Gasteiger partial charge in [-0.2, -0.15) is 0 Å². The highest BCUT2D eigenvalue weighted by Crippen LogP contribution is 2.20. The Balaban J connectivity index is 1.47. The molecule has 0 aromatic rings. The van der Waals surface area contributed by atoms with E-state index in [1.807, 2.05) is 0 Å². The summed E-state index contributed by atoms with van der Waals surface area (Å²) in [4.78, 5) is 2.45. The Kier molecular flexibility index (Phi) is 6.41. The van der Waals surface area contributed by atoms with Gasteiger partial charge in [-0.3, -0.25) is 4.90 Å². The zero-order valence-corrected chi connectivity index (χ0v) is 11.7. The molecule has 1 N–H and O–H groups in total. The second-order valence-corrected chi connectivity index (χ2v) is 5.37. The normalized spacial score (nSPS) is 26.8. The number of hydrogen-bond acceptors (Lipinski definition) is 4. The lowest BCUT2D eigenvalue weighted by Gasteiger charge is -2.32. The highest BCUT2D eigenvalue weighted by molar-refractivity contribution is 4.72. The molecule has 0 spiro atoms. The van der Waals surface area contributed by atoms with Crippen molar-refractivity contribution in [3.63, 3.8) is 0 Å². The van der Waals surface area contributed by atoms with Gasteiger partial charge < -0.3 is 14.8 Å². The molecule has 1 atom stereocenters. The second kappa shape index (κ2) is 8.10. The van der Waals surface area contributed by atoms with Crippen LogP contribution >= 0.6 is 0 Å². The molecule has 4 heteroatoms. The van der Waals surface area contributed by atoms with E-state index in [2.05, 4.69) is 17.1 Å². The first-order valence-corrected chi connectivity index (χ1v) is 7.54. The first-order valence-electron chi connectivity index (χ1n) is 7.54. The molecule has 0 amide bonds. The number of likely N-dealkylation sites (N-methyl/N-ethyl adjacent to an activating group) is 1. The van der Waals surface area contributed by atoms with E-state index in [4.69, 9.17) is 9.47 Å². The number of hydrogen-bond donors (Lipinski definition) is 1. The molecule has 0 radical (unpaired) electrons. The van der Waals surface area contributed by atoms with Gasteiger partial charge in [0.2, 0.25) is 0 Å². The highest BCUT2D eigenvalue weighted by Gasteiger charge is 2.18. The average Bonchev–Trinajstić information content (AvgIpc) is 2.92. The van der Waals surface area contributed by atoms with Crippen LogP contribution in [0.25, 0.3) is 0 Å². The van der Waals surface area contributed by atoms with Crippen LogP contribution in [0.2, 0.25) is 0 Å². The minimum atomic E-state index is 0.352. The van der Waals surface area contributed by atoms with Gasteiger partial charge in [0.25, 0.3) is 0 Å². The minimum Gasteiger partial charge on any atom is -0.377 e. The first kappa shape index (κ1) is 14.3. The van der Waals surface area contributed by atoms with Crippen LogP contribution in [-0.2, 0) is 9.47 Å². The van der Waals surface area contributed by atoms with Crippen molar-refractivity contribution in [2.24, 2.45) is 0 Å². The Morgan fingerprint density at radius 2 is 2.17 bits per heavy atom. The molecule has 1 saturated heterocycles. The molecule has 1 aliphatic heterocycles. The van der Waals surface area contributed by atoms with E-state index in [-0.39, 0.29) is 0 Å². The molecular formula is C14H28N2O2. The highest BCUT2D eigenvalue weighted by atomic mass is 16.5. The molecule has 1 aliphatic carbocycles. The zero-order chi connectivity index (χ0) is 12.6. The van der Waals surface area contributed by atoms with Crippen LogP contribution in [0.5, 0.6) is 0 Å². The van der Waals surface area contributed by atoms with Crippen LogP contribution < -0.4 is 5.32 Å². The summed E-state index contributed by atoms with van der Waals surface area (Å²) in [5, 5.41) is 3.45. The van der Waals surface area contributed by atoms with Gasteiger partial charge >= 0.3 is 0 Å². The van der Waals surface area contributed by atoms with Crippen LogP contribution in [0.4, 0.5) is 0 Å². The van der Waals surface area contributed by atoms with Gasteiger partial charge in [-0.25, -0.2) is 0 Å². The van der Waals surface area contributed by atoms with E-state index >= 15 is 0 Å². The van der Waals surface area contributed by atoms with Gasteiger partial charge in [-0.15, -0.1) is 0 Å². The lowest BCUT2D eigenvalue weighted by Crippen LogP contribution is -2.46. The summed E-state index contributed by atoms with van der Waals surface area (Å²) in [5.41, 5.74) is 0. The molecule has 0 bridgehead atoms. The van der Waals surface area contributed by atoms with Crippen molar-refractivity contribution in [1.29, 1.82) is 0 Å². The SMILES string of the molecule is CCN1CCOC(CNCCOC2CCCC2)C1. The molecule has 4 nitrogen and oxygen atoms in total. The van der Waals surface area contributed by atoms with Gasteiger partial charge in [-0.1, -0.05) is 19.8 Å². The van der Waals surface area contributed by atoms with Crippen molar-refractivity contribution in [2.75, 3.05) is 45.9 Å². The minimum absolute atomic E-state index is 0.352. The number of ether oxygens (including phenoxy) is 2. The first-order chi connectivity index (χ1) is 8.88. The number of nitrogens with one attached hydrogen (secondary N) is 1. The largest absolute Gasteiger partial charge is 0.377 e. The second-order valence-electron chi connectivity index (χ2n) is 5.37.